The molecule has 9 N–H and O–H groups in total. The first-order valence-electron chi connectivity index (χ1n) is 42.2. The van der Waals surface area contributed by atoms with Gasteiger partial charge in [0.1, 0.15) is 0 Å². The van der Waals surface area contributed by atoms with E-state index in [1.807, 2.05) is 0 Å². The van der Waals surface area contributed by atoms with Gasteiger partial charge in [0.2, 0.25) is 0 Å². The summed E-state index contributed by atoms with van der Waals surface area (Å²) in [6, 6.07) is 0. The van der Waals surface area contributed by atoms with Gasteiger partial charge in [-0.15, -0.1) is 0 Å². The van der Waals surface area contributed by atoms with Crippen molar-refractivity contribution in [3.05, 3.63) is 0 Å². The number of carbonyl (C=O) groups is 3. The predicted molar refractivity (Wildman–Crippen MR) is 383 cm³/mol. The lowest BCUT2D eigenvalue weighted by Crippen LogP contribution is -2.68. The largest absolute Gasteiger partial charge is 0.438 e. The lowest BCUT2D eigenvalue weighted by atomic mass is 9.43. The number of aliphatic hydroxyl groups excluding tert-OH is 9. The maximum atomic E-state index is 13.9. The third-order valence-corrected chi connectivity index (χ3v) is 36.6. The summed E-state index contributed by atoms with van der Waals surface area (Å²) in [6.45, 7) is 19.6. The zero-order valence-electron chi connectivity index (χ0n) is 64.3. The lowest BCUT2D eigenvalue weighted by molar-refractivity contribution is -0.318. The zero-order valence-corrected chi connectivity index (χ0v) is 64.3. The van der Waals surface area contributed by atoms with Gasteiger partial charge in [-0.3, -0.25) is 14.4 Å². The molecule has 103 heavy (non-hydrogen) atoms. The molecule has 584 valence electrons. The quantitative estimate of drug-likeness (QED) is 0.0293. The monoisotopic (exact) mass is 1440 g/mol. The number of aliphatic hydroxyl groups is 9. The zero-order chi connectivity index (χ0) is 73.1. The maximum Gasteiger partial charge on any atom is 0.307 e. The first kappa shape index (κ1) is 76.3. The summed E-state index contributed by atoms with van der Waals surface area (Å²) in [4.78, 5) is 41.7. The van der Waals surface area contributed by atoms with E-state index in [4.69, 9.17) is 28.4 Å². The molecular weight excluding hydrogens is 1310 g/mol. The van der Waals surface area contributed by atoms with Gasteiger partial charge in [-0.2, -0.15) is 0 Å². The minimum Gasteiger partial charge on any atom is -0.438 e. The van der Waals surface area contributed by atoms with Crippen molar-refractivity contribution in [2.75, 3.05) is 20.4 Å². The van der Waals surface area contributed by atoms with Gasteiger partial charge in [0.05, 0.1) is 71.7 Å². The number of hydrogen-bond donors (Lipinski definition) is 9. The number of ether oxygens (including phenoxy) is 6. The van der Waals surface area contributed by atoms with E-state index in [2.05, 4.69) is 62.3 Å². The van der Waals surface area contributed by atoms with Crippen LogP contribution < -0.4 is 0 Å². The molecule has 16 aliphatic carbocycles. The van der Waals surface area contributed by atoms with Crippen molar-refractivity contribution in [3.63, 3.8) is 0 Å². The molecule has 16 rings (SSSR count). The molecule has 16 aliphatic rings. The summed E-state index contributed by atoms with van der Waals surface area (Å²) in [6.07, 6.45) is 18.9. The second kappa shape index (κ2) is 28.0. The van der Waals surface area contributed by atoms with Crippen molar-refractivity contribution >= 4 is 17.9 Å². The molecule has 0 saturated heterocycles. The van der Waals surface area contributed by atoms with Crippen molar-refractivity contribution < 1.29 is 88.8 Å². The van der Waals surface area contributed by atoms with Crippen LogP contribution in [0.15, 0.2) is 0 Å². The molecule has 18 heteroatoms. The van der Waals surface area contributed by atoms with E-state index in [1.165, 1.54) is 0 Å². The molecule has 18 nitrogen and oxygen atoms in total. The van der Waals surface area contributed by atoms with E-state index in [-0.39, 0.29) is 221 Å². The number of carbonyl (C=O) groups excluding carboxylic acids is 3. The molecule has 0 aromatic carbocycles. The Balaban J connectivity index is 0.568. The van der Waals surface area contributed by atoms with E-state index < -0.39 is 53.4 Å². The van der Waals surface area contributed by atoms with Gasteiger partial charge in [0.15, 0.2) is 20.4 Å². The van der Waals surface area contributed by atoms with E-state index in [1.54, 1.807) is 0 Å². The van der Waals surface area contributed by atoms with Crippen LogP contribution in [0.5, 0.6) is 0 Å². The van der Waals surface area contributed by atoms with E-state index in [0.29, 0.717) is 96.3 Å². The highest BCUT2D eigenvalue weighted by Crippen LogP contribution is 2.73. The fraction of sp³-hybridized carbons (Fsp3) is 0.965. The van der Waals surface area contributed by atoms with Crippen LogP contribution in [-0.4, -0.2) is 156 Å². The minimum absolute atomic E-state index is 0.0109. The fourth-order valence-electron chi connectivity index (χ4n) is 31.6. The van der Waals surface area contributed by atoms with Crippen molar-refractivity contribution in [2.45, 2.75) is 346 Å². The third-order valence-electron chi connectivity index (χ3n) is 36.6. The highest BCUT2D eigenvalue weighted by molar-refractivity contribution is 5.70. The molecule has 0 aromatic rings. The van der Waals surface area contributed by atoms with E-state index >= 15 is 0 Å². The van der Waals surface area contributed by atoms with Crippen LogP contribution in [0.25, 0.3) is 0 Å². The van der Waals surface area contributed by atoms with Crippen LogP contribution in [0.2, 0.25) is 0 Å². The third kappa shape index (κ3) is 12.8. The van der Waals surface area contributed by atoms with Gasteiger partial charge in [-0.05, 0) is 318 Å². The molecule has 4 bridgehead atoms. The van der Waals surface area contributed by atoms with Gasteiger partial charge < -0.3 is 74.4 Å². The van der Waals surface area contributed by atoms with Gasteiger partial charge in [0.25, 0.3) is 0 Å². The van der Waals surface area contributed by atoms with Crippen molar-refractivity contribution in [3.8, 4) is 0 Å². The Morgan fingerprint density at radius 1 is 0.359 bits per heavy atom. The summed E-state index contributed by atoms with van der Waals surface area (Å²) < 4.78 is 38.5. The highest BCUT2D eigenvalue weighted by Gasteiger charge is 2.71. The SMILES string of the molecule is C[C@H](CCC(=O)OCOC12CC3CC(OCOC(=O)CC[C@@H](C)[C@H]4CCC5C6C(C[C@H](O)[C@@]54C)[C@@]4(C)CC[C@@H](O)C[C@H]4C[C@H]6O)(C1)CC(OCOC(=O)CC[C@@H](C)[C@H]1CCC4C5C(C[C@H](O)[C@@]41C)[C@@]1(C)CC[C@@H](O)C[C@H]1C[C@H]5O)(C3)C2)[C@H]1CCC2C3C(C[C@H](O)[C@@]21C)[C@@]1(C)CC[C@@H](O)C[C@H]1C[C@H]3O. The Kier molecular flexibility index (Phi) is 20.7. The summed E-state index contributed by atoms with van der Waals surface area (Å²) >= 11 is 0. The lowest BCUT2D eigenvalue weighted by Gasteiger charge is -2.64. The smallest absolute Gasteiger partial charge is 0.307 e. The molecule has 0 amide bonds. The van der Waals surface area contributed by atoms with Crippen LogP contribution in [0.3, 0.4) is 0 Å². The fourth-order valence-corrected chi connectivity index (χ4v) is 31.6. The Labute approximate surface area is 615 Å². The molecule has 9 unspecified atom stereocenters. The molecule has 16 saturated carbocycles. The maximum absolute atomic E-state index is 13.9. The topological polar surface area (TPSA) is 289 Å². The Morgan fingerprint density at radius 2 is 0.631 bits per heavy atom. The minimum atomic E-state index is -0.817. The molecular formula is C85H136O18. The van der Waals surface area contributed by atoms with Gasteiger partial charge >= 0.3 is 17.9 Å². The Bertz CT molecular complexity index is 2750. The molecule has 0 aromatic heterocycles. The molecule has 0 aliphatic heterocycles. The van der Waals surface area contributed by atoms with Crippen molar-refractivity contribution in [2.24, 2.45) is 145 Å². The second-order valence-electron chi connectivity index (χ2n) is 41.0. The van der Waals surface area contributed by atoms with Crippen molar-refractivity contribution in [1.82, 2.24) is 0 Å². The first-order chi connectivity index (χ1) is 48.7. The summed E-state index contributed by atoms with van der Waals surface area (Å²) in [7, 11) is 0. The number of rotatable bonds is 21. The molecule has 0 heterocycles. The van der Waals surface area contributed by atoms with Crippen LogP contribution >= 0.6 is 0 Å². The van der Waals surface area contributed by atoms with E-state index in [0.717, 1.165) is 96.3 Å². The van der Waals surface area contributed by atoms with Gasteiger partial charge in [-0.1, -0.05) is 62.3 Å². The average Bonchev–Trinajstić information content (AvgIpc) is 1.39. The molecule has 0 radical (unpaired) electrons. The number of fused-ring (bicyclic) bond motifs is 15. The van der Waals surface area contributed by atoms with Gasteiger partial charge in [-0.25, -0.2) is 0 Å². The standard InChI is InChI=1S/C85H136O18/c1-46(56-13-16-59-74-62(34-68(92)80(56,59)7)77(4)25-22-53(86)28-50(77)31-65(74)89)10-19-71(95)98-43-101-83-37-49-38-84(40-83,102-44-99-72(96)20-11-47(2)57-14-17-60-75-63(35-69(93)81(57,60)8)78(5)26-23-54(87)29-51(78)32-66(75)90)42-85(39-49,41-83)103-45-100-73(97)21-12-48(3)58-15-18-61-76-64(36-70(94)82(58,61)9)79(6)27-24-55(88)30-52(79)33-67(76)91/h46-70,74-76,86-94H,10-45H2,1-9H3/t46-,47-,48-,49?,50+,51+,52+,53-,54-,55-,56-,57-,58-,59?,60?,61?,62?,63?,64?,65-,66-,67-,68+,69+,70+,74?,75?,76?,77+,78+,79+,80-,81-,82-,83?,84?,85?/m1/s1. The predicted octanol–water partition coefficient (Wildman–Crippen LogP) is 11.9. The molecule has 0 spiro atoms. The summed E-state index contributed by atoms with van der Waals surface area (Å²) in [5, 5.41) is 104. The second-order valence-corrected chi connectivity index (χ2v) is 41.0. The van der Waals surface area contributed by atoms with Crippen molar-refractivity contribution in [1.29, 1.82) is 0 Å². The summed E-state index contributed by atoms with van der Waals surface area (Å²) in [5.41, 5.74) is -3.65. The number of esters is 3. The normalized spacial score (nSPS) is 53.6. The average molecular weight is 1450 g/mol. The van der Waals surface area contributed by atoms with Gasteiger partial charge in [0, 0.05) is 38.5 Å². The summed E-state index contributed by atoms with van der Waals surface area (Å²) in [5.74, 6) is 2.17. The molecule has 33 atom stereocenters. The van der Waals surface area contributed by atoms with Crippen LogP contribution in [0.1, 0.15) is 274 Å². The molecule has 16 fully saturated rings. The highest BCUT2D eigenvalue weighted by atomic mass is 16.7. The Morgan fingerprint density at radius 3 is 0.903 bits per heavy atom. The van der Waals surface area contributed by atoms with Crippen LogP contribution in [-0.2, 0) is 42.8 Å². The van der Waals surface area contributed by atoms with Crippen LogP contribution in [0.4, 0.5) is 0 Å². The van der Waals surface area contributed by atoms with E-state index in [9.17, 15) is 60.3 Å². The van der Waals surface area contributed by atoms with Crippen LogP contribution in [0, 0.1) is 145 Å². The number of hydrogen-bond acceptors (Lipinski definition) is 18. The first-order valence-corrected chi connectivity index (χ1v) is 42.2. The Hall–Kier alpha value is -2.07.